The number of nitrogens with one attached hydrogen (secondary N) is 1. The van der Waals surface area contributed by atoms with Crippen molar-refractivity contribution in [2.45, 2.75) is 38.1 Å². The Morgan fingerprint density at radius 3 is 2.61 bits per heavy atom. The van der Waals surface area contributed by atoms with Gasteiger partial charge in [0, 0.05) is 52.0 Å². The Morgan fingerprint density at radius 1 is 1.13 bits per heavy atom. The topological polar surface area (TPSA) is 80.3 Å². The summed E-state index contributed by atoms with van der Waals surface area (Å²) in [4.78, 5) is 30.2. The maximum Gasteiger partial charge on any atom is 0.254 e. The molecule has 4 rings (SSSR count). The van der Waals surface area contributed by atoms with Crippen LogP contribution < -0.4 is 14.8 Å². The van der Waals surface area contributed by atoms with Gasteiger partial charge in [-0.05, 0) is 43.4 Å². The lowest BCUT2D eigenvalue weighted by Gasteiger charge is -2.40. The fourth-order valence-corrected chi connectivity index (χ4v) is 4.90. The van der Waals surface area contributed by atoms with Gasteiger partial charge in [-0.2, -0.15) is 0 Å². The lowest BCUT2D eigenvalue weighted by atomic mass is 9.95. The maximum absolute atomic E-state index is 13.0. The summed E-state index contributed by atoms with van der Waals surface area (Å²) in [7, 11) is 1.67. The minimum absolute atomic E-state index is 0.000571. The summed E-state index contributed by atoms with van der Waals surface area (Å²) in [6, 6.07) is 5.23. The van der Waals surface area contributed by atoms with Gasteiger partial charge in [0.1, 0.15) is 0 Å². The van der Waals surface area contributed by atoms with Crippen molar-refractivity contribution in [3.8, 4) is 11.5 Å². The van der Waals surface area contributed by atoms with Crippen LogP contribution in [0.15, 0.2) is 18.2 Å². The van der Waals surface area contributed by atoms with Gasteiger partial charge >= 0.3 is 0 Å². The summed E-state index contributed by atoms with van der Waals surface area (Å²) in [5, 5.41) is 3.11. The predicted octanol–water partition coefficient (Wildman–Crippen LogP) is 1.88. The van der Waals surface area contributed by atoms with Gasteiger partial charge in [0.05, 0.1) is 6.04 Å². The number of ether oxygens (including phenoxy) is 3. The van der Waals surface area contributed by atoms with Crippen molar-refractivity contribution >= 4 is 11.8 Å². The minimum Gasteiger partial charge on any atom is -0.454 e. The molecule has 1 saturated heterocycles. The molecular weight excluding hydrogens is 398 g/mol. The Balaban J connectivity index is 1.35. The lowest BCUT2D eigenvalue weighted by molar-refractivity contribution is -0.129. The average molecular weight is 432 g/mol. The van der Waals surface area contributed by atoms with Crippen LogP contribution in [0.2, 0.25) is 0 Å². The highest BCUT2D eigenvalue weighted by Gasteiger charge is 2.37. The van der Waals surface area contributed by atoms with E-state index in [4.69, 9.17) is 14.2 Å². The molecular formula is C23H33N3O5. The number of hydrogen-bond acceptors (Lipinski definition) is 6. The summed E-state index contributed by atoms with van der Waals surface area (Å²) in [6.45, 7) is 4.14. The summed E-state index contributed by atoms with van der Waals surface area (Å²) < 4.78 is 15.8. The van der Waals surface area contributed by atoms with Crippen molar-refractivity contribution in [2.24, 2.45) is 5.92 Å². The van der Waals surface area contributed by atoms with Crippen LogP contribution in [0, 0.1) is 5.92 Å². The first-order valence-corrected chi connectivity index (χ1v) is 11.4. The van der Waals surface area contributed by atoms with Crippen LogP contribution in [0.25, 0.3) is 0 Å². The van der Waals surface area contributed by atoms with E-state index in [-0.39, 0.29) is 24.6 Å². The van der Waals surface area contributed by atoms with Crippen LogP contribution in [0.5, 0.6) is 11.5 Å². The van der Waals surface area contributed by atoms with Crippen LogP contribution in [0.1, 0.15) is 42.5 Å². The van der Waals surface area contributed by atoms with Crippen molar-refractivity contribution in [1.29, 1.82) is 0 Å². The molecule has 3 aliphatic rings. The van der Waals surface area contributed by atoms with Gasteiger partial charge in [0.2, 0.25) is 12.7 Å². The number of methoxy groups -OCH3 is 1. The molecule has 1 N–H and O–H groups in total. The third-order valence-electron chi connectivity index (χ3n) is 6.55. The first-order chi connectivity index (χ1) is 15.2. The van der Waals surface area contributed by atoms with Crippen LogP contribution in [-0.4, -0.2) is 80.9 Å². The van der Waals surface area contributed by atoms with Gasteiger partial charge < -0.3 is 24.4 Å². The molecule has 1 atom stereocenters. The number of benzene rings is 1. The van der Waals surface area contributed by atoms with Gasteiger partial charge in [0.15, 0.2) is 11.5 Å². The summed E-state index contributed by atoms with van der Waals surface area (Å²) in [5.41, 5.74) is 0.612. The fraction of sp³-hybridized carbons (Fsp3) is 0.652. The van der Waals surface area contributed by atoms with E-state index < -0.39 is 0 Å². The van der Waals surface area contributed by atoms with Gasteiger partial charge in [-0.25, -0.2) is 0 Å². The van der Waals surface area contributed by atoms with Crippen molar-refractivity contribution in [1.82, 2.24) is 15.1 Å². The fourth-order valence-electron chi connectivity index (χ4n) is 4.90. The van der Waals surface area contributed by atoms with E-state index in [0.717, 1.165) is 19.3 Å². The normalized spacial score (nSPS) is 20.1. The number of nitrogens with zero attached hydrogens (tertiary/aromatic N) is 2. The molecule has 1 aromatic carbocycles. The van der Waals surface area contributed by atoms with E-state index in [9.17, 15) is 9.59 Å². The minimum atomic E-state index is -0.104. The first-order valence-electron chi connectivity index (χ1n) is 11.4. The molecule has 2 amide bonds. The molecule has 0 spiro atoms. The molecule has 1 aliphatic carbocycles. The van der Waals surface area contributed by atoms with E-state index in [1.807, 2.05) is 4.90 Å². The van der Waals surface area contributed by atoms with Crippen molar-refractivity contribution in [3.63, 3.8) is 0 Å². The molecule has 170 valence electrons. The molecule has 2 aliphatic heterocycles. The highest BCUT2D eigenvalue weighted by molar-refractivity contribution is 5.95. The Labute approximate surface area is 183 Å². The lowest BCUT2D eigenvalue weighted by Crippen LogP contribution is -2.58. The third-order valence-corrected chi connectivity index (χ3v) is 6.55. The Hall–Kier alpha value is -2.32. The molecule has 31 heavy (non-hydrogen) atoms. The van der Waals surface area contributed by atoms with Crippen LogP contribution >= 0.6 is 0 Å². The van der Waals surface area contributed by atoms with Gasteiger partial charge in [-0.15, -0.1) is 0 Å². The maximum atomic E-state index is 13.0. The number of fused-ring (bicyclic) bond motifs is 1. The molecule has 8 nitrogen and oxygen atoms in total. The number of carbonyl (C=O) groups excluding carboxylic acids is 2. The number of piperazine rings is 1. The Morgan fingerprint density at radius 2 is 1.87 bits per heavy atom. The van der Waals surface area contributed by atoms with E-state index >= 15 is 0 Å². The second-order valence-electron chi connectivity index (χ2n) is 8.52. The molecule has 1 saturated carbocycles. The monoisotopic (exact) mass is 431 g/mol. The van der Waals surface area contributed by atoms with Crippen molar-refractivity contribution in [2.75, 3.05) is 53.2 Å². The van der Waals surface area contributed by atoms with Crippen molar-refractivity contribution < 1.29 is 23.8 Å². The second kappa shape index (κ2) is 10.3. The summed E-state index contributed by atoms with van der Waals surface area (Å²) >= 11 is 0. The van der Waals surface area contributed by atoms with Gasteiger partial charge in [0.25, 0.3) is 5.91 Å². The van der Waals surface area contributed by atoms with Crippen molar-refractivity contribution in [3.05, 3.63) is 23.8 Å². The third kappa shape index (κ3) is 5.13. The standard InChI is InChI=1S/C23H33N3O5/c1-29-14-4-9-24-22(27)21(17-5-2-3-6-17)25-10-12-26(13-11-25)23(28)18-7-8-19-20(15-18)31-16-30-19/h7-8,15,17,21H,2-6,9-14,16H2,1H3,(H,24,27). The van der Waals surface area contributed by atoms with E-state index in [2.05, 4.69) is 10.2 Å². The van der Waals surface area contributed by atoms with Crippen LogP contribution in [0.3, 0.4) is 0 Å². The van der Waals surface area contributed by atoms with E-state index in [1.54, 1.807) is 25.3 Å². The predicted molar refractivity (Wildman–Crippen MR) is 115 cm³/mol. The summed E-state index contributed by atoms with van der Waals surface area (Å²) in [5.74, 6) is 1.82. The molecule has 1 aromatic rings. The quantitative estimate of drug-likeness (QED) is 0.633. The molecule has 2 heterocycles. The number of carbonyl (C=O) groups is 2. The molecule has 2 fully saturated rings. The zero-order valence-corrected chi connectivity index (χ0v) is 18.3. The number of amides is 2. The van der Waals surface area contributed by atoms with E-state index in [1.165, 1.54) is 12.8 Å². The number of hydrogen-bond donors (Lipinski definition) is 1. The molecule has 0 bridgehead atoms. The smallest absolute Gasteiger partial charge is 0.254 e. The molecule has 1 unspecified atom stereocenters. The molecule has 0 radical (unpaired) electrons. The largest absolute Gasteiger partial charge is 0.454 e. The molecule has 8 heteroatoms. The zero-order valence-electron chi connectivity index (χ0n) is 18.3. The highest BCUT2D eigenvalue weighted by Crippen LogP contribution is 2.33. The van der Waals surface area contributed by atoms with E-state index in [0.29, 0.717) is 62.3 Å². The average Bonchev–Trinajstić information content (AvgIpc) is 3.48. The zero-order chi connectivity index (χ0) is 21.6. The second-order valence-corrected chi connectivity index (χ2v) is 8.52. The van der Waals surface area contributed by atoms with Crippen LogP contribution in [0.4, 0.5) is 0 Å². The van der Waals surface area contributed by atoms with Crippen LogP contribution in [-0.2, 0) is 9.53 Å². The summed E-state index contributed by atoms with van der Waals surface area (Å²) in [6.07, 6.45) is 5.41. The number of rotatable bonds is 8. The Bertz CT molecular complexity index is 772. The van der Waals surface area contributed by atoms with Gasteiger partial charge in [-0.1, -0.05) is 12.8 Å². The highest BCUT2D eigenvalue weighted by atomic mass is 16.7. The molecule has 0 aromatic heterocycles. The first kappa shape index (κ1) is 21.9. The Kier molecular flexibility index (Phi) is 7.29. The van der Waals surface area contributed by atoms with Gasteiger partial charge in [-0.3, -0.25) is 14.5 Å². The SMILES string of the molecule is COCCCNC(=O)C(C1CCCC1)N1CCN(C(=O)c2ccc3c(c2)OCO3)CC1.